The van der Waals surface area contributed by atoms with Gasteiger partial charge in [-0.3, -0.25) is 0 Å². The number of thiazole rings is 1. The van der Waals surface area contributed by atoms with E-state index in [4.69, 9.17) is 14.5 Å². The molecule has 8 nitrogen and oxygen atoms in total. The molecule has 0 bridgehead atoms. The highest BCUT2D eigenvalue weighted by atomic mass is 32.1. The number of carbonyl (C=O) groups excluding carboxylic acids is 1. The van der Waals surface area contributed by atoms with Crippen LogP contribution in [0.1, 0.15) is 50.2 Å². The molecule has 2 aromatic heterocycles. The smallest absolute Gasteiger partial charge is 0.410 e. The number of nitrogens with zero attached hydrogens (tertiary/aromatic N) is 5. The molecule has 0 N–H and O–H groups in total. The first-order chi connectivity index (χ1) is 14.9. The third-order valence-electron chi connectivity index (χ3n) is 4.97. The van der Waals surface area contributed by atoms with Crippen LogP contribution in [0.3, 0.4) is 0 Å². The van der Waals surface area contributed by atoms with Crippen molar-refractivity contribution in [2.45, 2.75) is 51.7 Å². The Hall–Kier alpha value is -2.94. The minimum atomic E-state index is -0.463. The zero-order chi connectivity index (χ0) is 21.8. The van der Waals surface area contributed by atoms with Crippen LogP contribution in [0.2, 0.25) is 0 Å². The monoisotopic (exact) mass is 441 g/mol. The molecule has 0 aliphatic carbocycles. The van der Waals surface area contributed by atoms with Crippen LogP contribution in [0.4, 0.5) is 4.79 Å². The first-order valence-electron chi connectivity index (χ1n) is 10.4. The normalized spacial score (nSPS) is 15.1. The maximum Gasteiger partial charge on any atom is 0.410 e. The molecule has 0 spiro atoms. The van der Waals surface area contributed by atoms with Crippen molar-refractivity contribution in [1.29, 1.82) is 0 Å². The van der Waals surface area contributed by atoms with Gasteiger partial charge >= 0.3 is 6.09 Å². The molecular formula is C22H27N5O3S. The van der Waals surface area contributed by atoms with Crippen molar-refractivity contribution in [3.63, 3.8) is 0 Å². The predicted molar refractivity (Wildman–Crippen MR) is 118 cm³/mol. The largest absolute Gasteiger partial charge is 0.487 e. The Morgan fingerprint density at radius 1 is 1.19 bits per heavy atom. The van der Waals surface area contributed by atoms with Gasteiger partial charge in [0.25, 0.3) is 0 Å². The Balaban J connectivity index is 1.27. The lowest BCUT2D eigenvalue weighted by Crippen LogP contribution is -2.41. The summed E-state index contributed by atoms with van der Waals surface area (Å²) in [5, 5.41) is 7.28. The number of aromatic nitrogens is 4. The van der Waals surface area contributed by atoms with Crippen LogP contribution in [0.5, 0.6) is 5.75 Å². The summed E-state index contributed by atoms with van der Waals surface area (Å²) < 4.78 is 13.1. The number of hydrogen-bond acceptors (Lipinski definition) is 7. The summed E-state index contributed by atoms with van der Waals surface area (Å²) in [7, 11) is 0. The van der Waals surface area contributed by atoms with Gasteiger partial charge in [0.15, 0.2) is 0 Å². The summed E-state index contributed by atoms with van der Waals surface area (Å²) in [4.78, 5) is 22.8. The van der Waals surface area contributed by atoms with Crippen molar-refractivity contribution in [3.8, 4) is 11.4 Å². The Labute approximate surface area is 185 Å². The average molecular weight is 442 g/mol. The highest BCUT2D eigenvalue weighted by Crippen LogP contribution is 2.31. The zero-order valence-electron chi connectivity index (χ0n) is 18.0. The van der Waals surface area contributed by atoms with Crippen molar-refractivity contribution in [1.82, 2.24) is 24.6 Å². The second-order valence-electron chi connectivity index (χ2n) is 8.54. The summed E-state index contributed by atoms with van der Waals surface area (Å²) in [5.41, 5.74) is 1.39. The SMILES string of the molecule is CC(C)(C)OC(=O)N1CCC(c2nc(COc3ccc(-n4cncn4)cc3)cs2)CC1. The van der Waals surface area contributed by atoms with E-state index in [2.05, 4.69) is 15.5 Å². The minimum Gasteiger partial charge on any atom is -0.487 e. The summed E-state index contributed by atoms with van der Waals surface area (Å²) in [5.74, 6) is 1.16. The lowest BCUT2D eigenvalue weighted by molar-refractivity contribution is 0.0204. The maximum absolute atomic E-state index is 12.2. The van der Waals surface area contributed by atoms with Crippen LogP contribution in [-0.2, 0) is 11.3 Å². The van der Waals surface area contributed by atoms with Gasteiger partial charge in [-0.25, -0.2) is 19.4 Å². The lowest BCUT2D eigenvalue weighted by Gasteiger charge is -2.32. The third kappa shape index (κ3) is 5.61. The highest BCUT2D eigenvalue weighted by Gasteiger charge is 2.28. The van der Waals surface area contributed by atoms with Gasteiger partial charge in [-0.2, -0.15) is 5.10 Å². The van der Waals surface area contributed by atoms with Crippen molar-refractivity contribution in [2.75, 3.05) is 13.1 Å². The van der Waals surface area contributed by atoms with Gasteiger partial charge in [0, 0.05) is 24.4 Å². The van der Waals surface area contributed by atoms with E-state index in [0.717, 1.165) is 35.0 Å². The van der Waals surface area contributed by atoms with E-state index in [1.807, 2.05) is 45.0 Å². The topological polar surface area (TPSA) is 82.4 Å². The molecule has 1 amide bonds. The van der Waals surface area contributed by atoms with E-state index in [-0.39, 0.29) is 6.09 Å². The van der Waals surface area contributed by atoms with Gasteiger partial charge in [-0.15, -0.1) is 11.3 Å². The number of benzene rings is 1. The molecule has 3 aromatic rings. The molecule has 1 aliphatic heterocycles. The Kier molecular flexibility index (Phi) is 6.22. The molecule has 31 heavy (non-hydrogen) atoms. The van der Waals surface area contributed by atoms with Crippen molar-refractivity contribution >= 4 is 17.4 Å². The van der Waals surface area contributed by atoms with Crippen LogP contribution < -0.4 is 4.74 Å². The fourth-order valence-electron chi connectivity index (χ4n) is 3.41. The lowest BCUT2D eigenvalue weighted by atomic mass is 9.98. The maximum atomic E-state index is 12.2. The summed E-state index contributed by atoms with van der Waals surface area (Å²) in [6.45, 7) is 7.49. The van der Waals surface area contributed by atoms with Crippen LogP contribution >= 0.6 is 11.3 Å². The van der Waals surface area contributed by atoms with Crippen molar-refractivity contribution < 1.29 is 14.3 Å². The number of piperidine rings is 1. The molecule has 0 saturated carbocycles. The minimum absolute atomic E-state index is 0.228. The number of hydrogen-bond donors (Lipinski definition) is 0. The van der Waals surface area contributed by atoms with E-state index in [1.54, 1.807) is 27.2 Å². The molecule has 1 fully saturated rings. The molecular weight excluding hydrogens is 414 g/mol. The molecule has 4 rings (SSSR count). The third-order valence-corrected chi connectivity index (χ3v) is 6.03. The van der Waals surface area contributed by atoms with Crippen LogP contribution in [0.25, 0.3) is 5.69 Å². The molecule has 1 aromatic carbocycles. The number of ether oxygens (including phenoxy) is 2. The molecule has 0 atom stereocenters. The van der Waals surface area contributed by atoms with Gasteiger partial charge in [0.05, 0.1) is 16.4 Å². The molecule has 9 heteroatoms. The number of rotatable bonds is 5. The summed E-state index contributed by atoms with van der Waals surface area (Å²) in [6, 6.07) is 7.71. The average Bonchev–Trinajstić information content (AvgIpc) is 3.44. The number of likely N-dealkylation sites (tertiary alicyclic amines) is 1. The van der Waals surface area contributed by atoms with E-state index in [1.165, 1.54) is 6.33 Å². The summed E-state index contributed by atoms with van der Waals surface area (Å²) in [6.07, 6.45) is 4.73. The van der Waals surface area contributed by atoms with Crippen molar-refractivity contribution in [2.24, 2.45) is 0 Å². The van der Waals surface area contributed by atoms with E-state index in [9.17, 15) is 4.79 Å². The second-order valence-corrected chi connectivity index (χ2v) is 9.43. The van der Waals surface area contributed by atoms with E-state index in [0.29, 0.717) is 25.6 Å². The quantitative estimate of drug-likeness (QED) is 0.583. The van der Waals surface area contributed by atoms with Gasteiger partial charge in [-0.05, 0) is 57.9 Å². The van der Waals surface area contributed by atoms with Crippen LogP contribution in [-0.4, -0.2) is 49.4 Å². The van der Waals surface area contributed by atoms with Crippen LogP contribution in [0.15, 0.2) is 42.3 Å². The first kappa shape index (κ1) is 21.3. The molecule has 164 valence electrons. The van der Waals surface area contributed by atoms with Gasteiger partial charge in [-0.1, -0.05) is 0 Å². The van der Waals surface area contributed by atoms with Gasteiger partial charge < -0.3 is 14.4 Å². The fraction of sp³-hybridized carbons (Fsp3) is 0.455. The Morgan fingerprint density at radius 3 is 2.58 bits per heavy atom. The Morgan fingerprint density at radius 2 is 1.94 bits per heavy atom. The molecule has 0 unspecified atom stereocenters. The van der Waals surface area contributed by atoms with Gasteiger partial charge in [0.2, 0.25) is 0 Å². The molecule has 0 radical (unpaired) electrons. The highest BCUT2D eigenvalue weighted by molar-refractivity contribution is 7.09. The second kappa shape index (κ2) is 9.05. The molecule has 1 aliphatic rings. The number of amides is 1. The molecule has 3 heterocycles. The Bertz CT molecular complexity index is 987. The predicted octanol–water partition coefficient (Wildman–Crippen LogP) is 4.42. The fourth-order valence-corrected chi connectivity index (χ4v) is 4.38. The first-order valence-corrected chi connectivity index (χ1v) is 11.3. The summed E-state index contributed by atoms with van der Waals surface area (Å²) >= 11 is 1.67. The van der Waals surface area contributed by atoms with E-state index >= 15 is 0 Å². The number of carbonyl (C=O) groups is 1. The zero-order valence-corrected chi connectivity index (χ0v) is 18.8. The van der Waals surface area contributed by atoms with E-state index < -0.39 is 5.60 Å². The van der Waals surface area contributed by atoms with Crippen molar-refractivity contribution in [3.05, 3.63) is 53.0 Å². The molecule has 1 saturated heterocycles. The van der Waals surface area contributed by atoms with Crippen LogP contribution in [0, 0.1) is 0 Å². The van der Waals surface area contributed by atoms with Gasteiger partial charge in [0.1, 0.15) is 30.6 Å². The standard InChI is InChI=1S/C22H27N5O3S/c1-22(2,3)30-21(28)26-10-8-16(9-11-26)20-25-17(13-31-20)12-29-19-6-4-18(5-7-19)27-15-23-14-24-27/h4-7,13-16H,8-12H2,1-3H3.